The van der Waals surface area contributed by atoms with E-state index in [1.54, 1.807) is 11.0 Å². The van der Waals surface area contributed by atoms with E-state index in [-0.39, 0.29) is 83.6 Å². The number of oxime groups is 1. The fourth-order valence-corrected chi connectivity index (χ4v) is 9.26. The molecule has 0 bridgehead atoms. The molecule has 348 valence electrons. The van der Waals surface area contributed by atoms with Crippen LogP contribution in [0.1, 0.15) is 82.8 Å². The molecule has 2 heterocycles. The van der Waals surface area contributed by atoms with Crippen molar-refractivity contribution in [3.8, 4) is 11.5 Å². The highest BCUT2D eigenvalue weighted by Gasteiger charge is 2.65. The third-order valence-corrected chi connectivity index (χ3v) is 12.2. The van der Waals surface area contributed by atoms with Crippen molar-refractivity contribution >= 4 is 11.8 Å². The van der Waals surface area contributed by atoms with Crippen LogP contribution in [-0.2, 0) is 30.4 Å². The van der Waals surface area contributed by atoms with Crippen LogP contribution in [0.4, 0.5) is 4.79 Å². The fraction of sp³-hybridized carbons (Fsp3) is 0.633. The zero-order valence-corrected chi connectivity index (χ0v) is 37.7. The Balaban J connectivity index is 1.47. The van der Waals surface area contributed by atoms with Crippen LogP contribution in [0.25, 0.3) is 0 Å². The van der Waals surface area contributed by atoms with E-state index in [1.165, 1.54) is 0 Å². The summed E-state index contributed by atoms with van der Waals surface area (Å²) in [6.07, 6.45) is 8.24. The molecule has 3 N–H and O–H groups in total. The maximum absolute atomic E-state index is 14.6. The van der Waals surface area contributed by atoms with Crippen LogP contribution in [-0.4, -0.2) is 140 Å². The van der Waals surface area contributed by atoms with Gasteiger partial charge >= 0.3 is 6.09 Å². The van der Waals surface area contributed by atoms with Gasteiger partial charge in [-0.2, -0.15) is 0 Å². The topological polar surface area (TPSA) is 161 Å². The van der Waals surface area contributed by atoms with Crippen molar-refractivity contribution < 1.29 is 53.4 Å². The summed E-state index contributed by atoms with van der Waals surface area (Å²) in [5, 5.41) is 34.4. The highest BCUT2D eigenvalue weighted by atomic mass is 16.7. The van der Waals surface area contributed by atoms with Crippen LogP contribution in [0.3, 0.4) is 0 Å². The molecular weight excluding hydrogens is 807 g/mol. The van der Waals surface area contributed by atoms with Crippen LogP contribution in [0, 0.1) is 17.8 Å². The normalized spacial score (nSPS) is 24.4. The summed E-state index contributed by atoms with van der Waals surface area (Å²) in [4.78, 5) is 24.8. The molecule has 0 spiro atoms. The van der Waals surface area contributed by atoms with Crippen LogP contribution < -0.4 is 9.47 Å². The first-order chi connectivity index (χ1) is 30.6. The summed E-state index contributed by atoms with van der Waals surface area (Å²) in [5.41, 5.74) is 3.01. The number of unbranched alkanes of at least 4 members (excludes halogenated alkanes) is 2. The second kappa shape index (κ2) is 23.8. The van der Waals surface area contributed by atoms with Crippen molar-refractivity contribution in [3.05, 3.63) is 84.0 Å². The lowest BCUT2D eigenvalue weighted by Gasteiger charge is -2.60. The molecule has 1 amide bonds. The van der Waals surface area contributed by atoms with Gasteiger partial charge in [-0.15, -0.1) is 6.58 Å². The lowest BCUT2D eigenvalue weighted by molar-refractivity contribution is -0.256. The van der Waals surface area contributed by atoms with Gasteiger partial charge in [-0.3, -0.25) is 9.80 Å². The van der Waals surface area contributed by atoms with Gasteiger partial charge in [-0.1, -0.05) is 60.5 Å². The van der Waals surface area contributed by atoms with E-state index in [9.17, 15) is 20.1 Å². The van der Waals surface area contributed by atoms with E-state index in [4.69, 9.17) is 38.4 Å². The van der Waals surface area contributed by atoms with Crippen molar-refractivity contribution in [2.45, 2.75) is 95.7 Å². The quantitative estimate of drug-likeness (QED) is 0.0389. The third-order valence-electron chi connectivity index (χ3n) is 12.2. The Labute approximate surface area is 373 Å². The van der Waals surface area contributed by atoms with Gasteiger partial charge in [0.1, 0.15) is 36.4 Å². The Morgan fingerprint density at radius 1 is 0.952 bits per heavy atom. The minimum absolute atomic E-state index is 0.00483. The van der Waals surface area contributed by atoms with E-state index in [2.05, 4.69) is 23.6 Å². The second-order valence-electron chi connectivity index (χ2n) is 17.8. The maximum Gasteiger partial charge on any atom is 0.410 e. The van der Waals surface area contributed by atoms with E-state index >= 15 is 0 Å². The first-order valence-corrected chi connectivity index (χ1v) is 23.0. The van der Waals surface area contributed by atoms with Crippen LogP contribution in [0.2, 0.25) is 0 Å². The number of allylic oxidation sites excluding steroid dienone is 1. The number of hydrogen-bond donors (Lipinski definition) is 3. The van der Waals surface area contributed by atoms with E-state index < -0.39 is 29.4 Å². The first kappa shape index (κ1) is 48.4. The van der Waals surface area contributed by atoms with Crippen molar-refractivity contribution in [2.75, 3.05) is 85.6 Å². The number of carbonyl (C=O) groups is 1. The van der Waals surface area contributed by atoms with Crippen molar-refractivity contribution in [1.82, 2.24) is 9.80 Å². The summed E-state index contributed by atoms with van der Waals surface area (Å²) < 4.78 is 38.5. The summed E-state index contributed by atoms with van der Waals surface area (Å²) >= 11 is 0. The maximum atomic E-state index is 14.6. The summed E-state index contributed by atoms with van der Waals surface area (Å²) in [6, 6.07) is 15.0. The number of aliphatic hydroxyl groups is 3. The molecule has 0 aromatic heterocycles. The molecule has 2 fully saturated rings. The number of fused-ring (bicyclic) bond motifs is 2. The molecule has 2 aliphatic carbocycles. The number of aliphatic hydroxyl groups excluding tert-OH is 3. The Bertz CT molecular complexity index is 1800. The largest absolute Gasteiger partial charge is 0.492 e. The number of hydrogen-bond acceptors (Lipinski definition) is 13. The molecule has 6 atom stereocenters. The lowest BCUT2D eigenvalue weighted by Crippen LogP contribution is -2.70. The smallest absolute Gasteiger partial charge is 0.410 e. The molecule has 2 aliphatic heterocycles. The molecule has 0 unspecified atom stereocenters. The number of rotatable bonds is 27. The molecule has 0 radical (unpaired) electrons. The Morgan fingerprint density at radius 2 is 1.73 bits per heavy atom. The standard InChI is InChI=1S/C49H71N3O11/c1-5-26-61-49-44(52(22-27-57-29-25-55)47(56)60-31-30-58-35-36-13-7-6-8-14-36)34-42(50-63-48(2,3)4)40-32-37(15-9-11-23-53)39(16-10-12-24-54)45(46(40)49)41-33-38(17-18-43(41)62-49)59-28-21-51-19-20-51/h5-8,13-14,17-18,32-33,37,39,44-46,53-55H,1,9-12,15-16,19-31,34-35H2,2-4H3/t37-,39+,44-,45+,46+,49+/m0/s1. The van der Waals surface area contributed by atoms with Gasteiger partial charge in [0.05, 0.1) is 51.3 Å². The van der Waals surface area contributed by atoms with Gasteiger partial charge in [0.25, 0.3) is 0 Å². The summed E-state index contributed by atoms with van der Waals surface area (Å²) in [5.74, 6) is -0.632. The first-order valence-electron chi connectivity index (χ1n) is 23.0. The monoisotopic (exact) mass is 878 g/mol. The highest BCUT2D eigenvalue weighted by Crippen LogP contribution is 2.62. The minimum Gasteiger partial charge on any atom is -0.492 e. The molecule has 1 saturated heterocycles. The molecule has 2 aromatic rings. The Kier molecular flexibility index (Phi) is 18.3. The van der Waals surface area contributed by atoms with E-state index in [0.717, 1.165) is 67.8 Å². The van der Waals surface area contributed by atoms with Crippen molar-refractivity contribution in [1.29, 1.82) is 0 Å². The Hall–Kier alpha value is -4.02. The number of benzene rings is 2. The second-order valence-corrected chi connectivity index (χ2v) is 17.8. The van der Waals surface area contributed by atoms with Gasteiger partial charge in [0.2, 0.25) is 5.79 Å². The molecular formula is C49H71N3O11. The number of ether oxygens (including phenoxy) is 6. The fourth-order valence-electron chi connectivity index (χ4n) is 9.26. The molecule has 2 aromatic carbocycles. The van der Waals surface area contributed by atoms with Gasteiger partial charge in [0, 0.05) is 57.3 Å². The van der Waals surface area contributed by atoms with Crippen molar-refractivity contribution in [3.63, 3.8) is 0 Å². The summed E-state index contributed by atoms with van der Waals surface area (Å²) in [6.45, 7) is 14.5. The molecule has 6 rings (SSSR count). The number of carbonyl (C=O) groups excluding carboxylic acids is 1. The highest BCUT2D eigenvalue weighted by molar-refractivity contribution is 6.03. The number of amides is 1. The van der Waals surface area contributed by atoms with Crippen LogP contribution >= 0.6 is 0 Å². The summed E-state index contributed by atoms with van der Waals surface area (Å²) in [7, 11) is 0. The predicted molar refractivity (Wildman–Crippen MR) is 240 cm³/mol. The lowest BCUT2D eigenvalue weighted by atomic mass is 9.55. The average molecular weight is 878 g/mol. The Morgan fingerprint density at radius 3 is 2.44 bits per heavy atom. The van der Waals surface area contributed by atoms with Gasteiger partial charge in [-0.05, 0) is 87.6 Å². The van der Waals surface area contributed by atoms with E-state index in [0.29, 0.717) is 37.5 Å². The number of nitrogens with zero attached hydrogens (tertiary/aromatic N) is 3. The van der Waals surface area contributed by atoms with Gasteiger partial charge in [0.15, 0.2) is 0 Å². The molecule has 4 aliphatic rings. The average Bonchev–Trinajstić information content (AvgIpc) is 4.11. The van der Waals surface area contributed by atoms with E-state index in [1.807, 2.05) is 63.2 Å². The molecule has 1 saturated carbocycles. The zero-order chi connectivity index (χ0) is 44.7. The molecule has 14 nitrogen and oxygen atoms in total. The van der Waals surface area contributed by atoms with Gasteiger partial charge in [-0.25, -0.2) is 4.79 Å². The van der Waals surface area contributed by atoms with Gasteiger partial charge < -0.3 is 48.6 Å². The van der Waals surface area contributed by atoms with Crippen LogP contribution in [0.15, 0.2) is 78.0 Å². The predicted octanol–water partition coefficient (Wildman–Crippen LogP) is 6.48. The zero-order valence-electron chi connectivity index (χ0n) is 37.7. The minimum atomic E-state index is -1.47. The third kappa shape index (κ3) is 13.1. The molecule has 14 heteroatoms. The van der Waals surface area contributed by atoms with Crippen molar-refractivity contribution in [2.24, 2.45) is 22.9 Å². The van der Waals surface area contributed by atoms with Crippen LogP contribution in [0.5, 0.6) is 11.5 Å². The SMILES string of the molecule is C=CCO[C@@]12Oc3ccc(OCCN4CC4)cc3[C@H]3[C@H](CCCCO)[C@@H](CCCCO)C=C(C(=NOC(C)(C)C)C[C@@H]1N(CCOCCO)C(=O)OCCOCc1ccccc1)[C@H]32. The molecule has 63 heavy (non-hydrogen) atoms.